The molecule has 59 valence electrons. The molecule has 0 aliphatic heterocycles. The van der Waals surface area contributed by atoms with Gasteiger partial charge in [0.05, 0.1) is 6.07 Å². The van der Waals surface area contributed by atoms with Crippen LogP contribution < -0.4 is 0 Å². The second kappa shape index (κ2) is 4.12. The first-order chi connectivity index (χ1) is 5.72. The smallest absolute Gasteiger partial charge is 0.180 e. The maximum atomic E-state index is 11.0. The lowest BCUT2D eigenvalue weighted by Gasteiger charge is -1.94. The maximum Gasteiger partial charge on any atom is 0.180 e. The molecule has 1 aromatic rings. The third kappa shape index (κ3) is 2.55. The molecule has 0 N–H and O–H groups in total. The molecule has 12 heavy (non-hydrogen) atoms. The van der Waals surface area contributed by atoms with Gasteiger partial charge in [-0.15, -0.1) is 0 Å². The standard InChI is InChI=1S/C9H5INO/c10-8-4-7(2-1-3-11)5-9(12)6-8/h1-2,4-6H/b2-1+. The lowest BCUT2D eigenvalue weighted by molar-refractivity contribution is 0.354. The molecule has 0 spiro atoms. The van der Waals surface area contributed by atoms with Crippen molar-refractivity contribution in [2.75, 3.05) is 0 Å². The summed E-state index contributed by atoms with van der Waals surface area (Å²) < 4.78 is 0.887. The van der Waals surface area contributed by atoms with Crippen molar-refractivity contribution < 1.29 is 5.11 Å². The Kier molecular flexibility index (Phi) is 3.11. The van der Waals surface area contributed by atoms with E-state index in [9.17, 15) is 5.11 Å². The molecule has 0 amide bonds. The number of nitriles is 1. The monoisotopic (exact) mass is 270 g/mol. The quantitative estimate of drug-likeness (QED) is 0.571. The Bertz CT molecular complexity index is 332. The van der Waals surface area contributed by atoms with Crippen LogP contribution in [0.15, 0.2) is 24.3 Å². The molecule has 1 rings (SSSR count). The number of rotatable bonds is 1. The largest absolute Gasteiger partial charge is 0.290 e. The van der Waals surface area contributed by atoms with Gasteiger partial charge in [-0.1, -0.05) is 0 Å². The van der Waals surface area contributed by atoms with E-state index >= 15 is 0 Å². The fourth-order valence-corrected chi connectivity index (χ4v) is 1.48. The lowest BCUT2D eigenvalue weighted by Crippen LogP contribution is -1.74. The van der Waals surface area contributed by atoms with Gasteiger partial charge in [0.2, 0.25) is 0 Å². The summed E-state index contributed by atoms with van der Waals surface area (Å²) in [5, 5.41) is 19.2. The van der Waals surface area contributed by atoms with E-state index < -0.39 is 0 Å². The number of halogens is 1. The Morgan fingerprint density at radius 3 is 2.75 bits per heavy atom. The Morgan fingerprint density at radius 1 is 1.42 bits per heavy atom. The second-order valence-electron chi connectivity index (χ2n) is 2.18. The number of benzene rings is 1. The van der Waals surface area contributed by atoms with Crippen LogP contribution in [0.3, 0.4) is 0 Å². The highest BCUT2D eigenvalue weighted by Crippen LogP contribution is 2.18. The zero-order valence-corrected chi connectivity index (χ0v) is 8.28. The minimum Gasteiger partial charge on any atom is -0.290 e. The van der Waals surface area contributed by atoms with Crippen molar-refractivity contribution in [3.05, 3.63) is 33.4 Å². The Morgan fingerprint density at radius 2 is 2.17 bits per heavy atom. The van der Waals surface area contributed by atoms with Crippen molar-refractivity contribution >= 4 is 28.7 Å². The van der Waals surface area contributed by atoms with E-state index in [4.69, 9.17) is 5.26 Å². The number of hydrogen-bond donors (Lipinski definition) is 0. The van der Waals surface area contributed by atoms with E-state index in [1.54, 1.807) is 12.1 Å². The summed E-state index contributed by atoms with van der Waals surface area (Å²) in [6, 6.07) is 6.76. The lowest BCUT2D eigenvalue weighted by atomic mass is 10.2. The minimum absolute atomic E-state index is 0.0283. The van der Waals surface area contributed by atoms with E-state index in [0.29, 0.717) is 0 Å². The molecule has 0 aliphatic carbocycles. The molecule has 1 radical (unpaired) electrons. The predicted octanol–water partition coefficient (Wildman–Crippen LogP) is 2.97. The van der Waals surface area contributed by atoms with Crippen molar-refractivity contribution in [2.45, 2.75) is 0 Å². The van der Waals surface area contributed by atoms with E-state index in [1.807, 2.05) is 12.1 Å². The third-order valence-corrected chi connectivity index (χ3v) is 1.87. The van der Waals surface area contributed by atoms with Crippen molar-refractivity contribution in [1.82, 2.24) is 0 Å². The first kappa shape index (κ1) is 9.07. The van der Waals surface area contributed by atoms with Crippen LogP contribution in [-0.2, 0) is 5.11 Å². The molecule has 2 nitrogen and oxygen atoms in total. The number of hydrogen-bond acceptors (Lipinski definition) is 1. The fraction of sp³-hybridized carbons (Fsp3) is 0. The van der Waals surface area contributed by atoms with Crippen molar-refractivity contribution in [1.29, 1.82) is 5.26 Å². The van der Waals surface area contributed by atoms with Crippen LogP contribution in [0.4, 0.5) is 0 Å². The second-order valence-corrected chi connectivity index (χ2v) is 3.43. The molecule has 1 aromatic carbocycles. The SMILES string of the molecule is N#C/C=C/c1cc([O])cc(I)c1. The molecule has 0 saturated carbocycles. The molecule has 0 aromatic heterocycles. The van der Waals surface area contributed by atoms with Gasteiger partial charge < -0.3 is 0 Å². The average Bonchev–Trinajstić information content (AvgIpc) is 1.99. The Labute approximate surface area is 84.3 Å². The van der Waals surface area contributed by atoms with Crippen LogP contribution in [-0.4, -0.2) is 0 Å². The van der Waals surface area contributed by atoms with Crippen LogP contribution in [0.1, 0.15) is 5.56 Å². The third-order valence-electron chi connectivity index (χ3n) is 1.24. The molecule has 0 saturated heterocycles. The van der Waals surface area contributed by atoms with E-state index in [1.165, 1.54) is 12.1 Å². The molecule has 3 heteroatoms. The van der Waals surface area contributed by atoms with E-state index in [-0.39, 0.29) is 5.75 Å². The van der Waals surface area contributed by atoms with Gasteiger partial charge in [0, 0.05) is 9.65 Å². The van der Waals surface area contributed by atoms with Gasteiger partial charge in [0.15, 0.2) is 5.75 Å². The molecule has 0 atom stereocenters. The summed E-state index contributed by atoms with van der Waals surface area (Å²) in [5.41, 5.74) is 0.772. The van der Waals surface area contributed by atoms with Gasteiger partial charge in [-0.3, -0.25) is 5.11 Å². The minimum atomic E-state index is -0.0283. The zero-order valence-electron chi connectivity index (χ0n) is 6.12. The predicted molar refractivity (Wildman–Crippen MR) is 53.9 cm³/mol. The molecule has 0 fully saturated rings. The summed E-state index contributed by atoms with van der Waals surface area (Å²) in [7, 11) is 0. The van der Waals surface area contributed by atoms with Crippen LogP contribution in [0.5, 0.6) is 5.75 Å². The van der Waals surface area contributed by atoms with Crippen LogP contribution in [0.25, 0.3) is 6.08 Å². The first-order valence-electron chi connectivity index (χ1n) is 3.26. The summed E-state index contributed by atoms with van der Waals surface area (Å²) in [6.45, 7) is 0. The van der Waals surface area contributed by atoms with Crippen LogP contribution >= 0.6 is 22.6 Å². The molecular weight excluding hydrogens is 265 g/mol. The van der Waals surface area contributed by atoms with Crippen molar-refractivity contribution in [2.24, 2.45) is 0 Å². The summed E-state index contributed by atoms with van der Waals surface area (Å²) in [6.07, 6.45) is 2.97. The molecule has 0 heterocycles. The van der Waals surface area contributed by atoms with Gasteiger partial charge >= 0.3 is 0 Å². The highest BCUT2D eigenvalue weighted by Gasteiger charge is 1.95. The van der Waals surface area contributed by atoms with Gasteiger partial charge in [-0.05, 0) is 52.4 Å². The van der Waals surface area contributed by atoms with Crippen molar-refractivity contribution in [3.63, 3.8) is 0 Å². The highest BCUT2D eigenvalue weighted by atomic mass is 127. The molecular formula is C9H5INO. The normalized spacial score (nSPS) is 10.0. The maximum absolute atomic E-state index is 11.0. The molecule has 0 bridgehead atoms. The van der Waals surface area contributed by atoms with Gasteiger partial charge in [-0.2, -0.15) is 5.26 Å². The van der Waals surface area contributed by atoms with Crippen LogP contribution in [0, 0.1) is 14.9 Å². The fourth-order valence-electron chi connectivity index (χ4n) is 0.814. The first-order valence-corrected chi connectivity index (χ1v) is 4.34. The average molecular weight is 270 g/mol. The van der Waals surface area contributed by atoms with E-state index in [2.05, 4.69) is 22.6 Å². The Hall–Kier alpha value is -1.02. The van der Waals surface area contributed by atoms with Crippen molar-refractivity contribution in [3.8, 4) is 11.8 Å². The summed E-state index contributed by atoms with van der Waals surface area (Å²) >= 11 is 2.07. The Balaban J connectivity index is 3.03. The molecule has 0 aliphatic rings. The van der Waals surface area contributed by atoms with E-state index in [0.717, 1.165) is 9.13 Å². The van der Waals surface area contributed by atoms with Gasteiger partial charge in [-0.25, -0.2) is 0 Å². The zero-order chi connectivity index (χ0) is 8.97. The molecule has 0 unspecified atom stereocenters. The number of nitrogens with zero attached hydrogens (tertiary/aromatic N) is 1. The number of allylic oxidation sites excluding steroid dienone is 1. The van der Waals surface area contributed by atoms with Crippen LogP contribution in [0.2, 0.25) is 0 Å². The topological polar surface area (TPSA) is 43.7 Å². The van der Waals surface area contributed by atoms with Gasteiger partial charge in [0.1, 0.15) is 0 Å². The summed E-state index contributed by atoms with van der Waals surface area (Å²) in [5.74, 6) is -0.0283. The highest BCUT2D eigenvalue weighted by molar-refractivity contribution is 14.1. The summed E-state index contributed by atoms with van der Waals surface area (Å²) in [4.78, 5) is 0. The van der Waals surface area contributed by atoms with Gasteiger partial charge in [0.25, 0.3) is 0 Å².